The lowest BCUT2D eigenvalue weighted by Crippen LogP contribution is -2.22. The lowest BCUT2D eigenvalue weighted by atomic mass is 10.0. The van der Waals surface area contributed by atoms with Crippen LogP contribution in [0.1, 0.15) is 33.4 Å². The minimum Gasteiger partial charge on any atom is -0.325 e. The zero-order chi connectivity index (χ0) is 20.7. The molecular weight excluding hydrogens is 348 g/mol. The minimum atomic E-state index is -0.480. The Balaban J connectivity index is 1.72. The molecule has 28 heavy (non-hydrogen) atoms. The molecule has 2 aromatic rings. The second-order valence-electron chi connectivity index (χ2n) is 8.06. The lowest BCUT2D eigenvalue weighted by Gasteiger charge is -2.14. The second-order valence-corrected chi connectivity index (χ2v) is 8.06. The quantitative estimate of drug-likeness (QED) is 0.745. The summed E-state index contributed by atoms with van der Waals surface area (Å²) >= 11 is 0. The van der Waals surface area contributed by atoms with E-state index < -0.39 is 11.8 Å². The minimum absolute atomic E-state index is 0.169. The molecule has 2 aromatic carbocycles. The molecule has 1 aliphatic rings. The number of anilines is 2. The van der Waals surface area contributed by atoms with Crippen LogP contribution in [0, 0.1) is 53.4 Å². The maximum Gasteiger partial charge on any atom is 0.232 e. The average molecular weight is 377 g/mol. The first kappa shape index (κ1) is 19.9. The molecule has 1 saturated carbocycles. The van der Waals surface area contributed by atoms with E-state index in [2.05, 4.69) is 17.2 Å². The average Bonchev–Trinajstić information content (AvgIpc) is 3.25. The van der Waals surface area contributed by atoms with E-state index in [1.54, 1.807) is 0 Å². The highest BCUT2D eigenvalue weighted by molar-refractivity contribution is 6.08. The van der Waals surface area contributed by atoms with Crippen LogP contribution in [0.25, 0.3) is 0 Å². The van der Waals surface area contributed by atoms with Crippen LogP contribution in [0.2, 0.25) is 0 Å². The van der Waals surface area contributed by atoms with Gasteiger partial charge in [0.15, 0.2) is 0 Å². The van der Waals surface area contributed by atoms with Crippen molar-refractivity contribution in [3.05, 3.63) is 69.8 Å². The van der Waals surface area contributed by atoms with Gasteiger partial charge in [-0.2, -0.15) is 0 Å². The van der Waals surface area contributed by atoms with Crippen molar-refractivity contribution in [1.82, 2.24) is 0 Å². The molecule has 3 rings (SSSR count). The molecule has 2 atom stereocenters. The normalized spacial score (nSPS) is 18.0. The second kappa shape index (κ2) is 7.27. The third-order valence-corrected chi connectivity index (χ3v) is 5.44. The molecule has 0 aliphatic heterocycles. The molecular formula is C24H28N2O2. The number of rotatable bonds is 4. The topological polar surface area (TPSA) is 58.2 Å². The molecule has 146 valence electrons. The molecule has 0 unspecified atom stereocenters. The van der Waals surface area contributed by atoms with Gasteiger partial charge in [-0.25, -0.2) is 0 Å². The summed E-state index contributed by atoms with van der Waals surface area (Å²) in [6, 6.07) is 8.16. The summed E-state index contributed by atoms with van der Waals surface area (Å²) in [5, 5.41) is 5.99. The molecule has 2 amide bonds. The molecule has 0 radical (unpaired) electrons. The van der Waals surface area contributed by atoms with Crippen molar-refractivity contribution >= 4 is 23.2 Å². The number of hydrogen-bond donors (Lipinski definition) is 2. The van der Waals surface area contributed by atoms with Crippen LogP contribution in [0.4, 0.5) is 11.4 Å². The van der Waals surface area contributed by atoms with Crippen LogP contribution in [0.5, 0.6) is 0 Å². The van der Waals surface area contributed by atoms with Crippen molar-refractivity contribution in [3.8, 4) is 0 Å². The Morgan fingerprint density at radius 2 is 0.964 bits per heavy atom. The van der Waals surface area contributed by atoms with Gasteiger partial charge in [-0.05, 0) is 63.8 Å². The predicted octanol–water partition coefficient (Wildman–Crippen LogP) is 4.92. The smallest absolute Gasteiger partial charge is 0.232 e. The van der Waals surface area contributed by atoms with Gasteiger partial charge >= 0.3 is 0 Å². The maximum absolute atomic E-state index is 12.8. The Labute approximate surface area is 167 Å². The number of hydrogen-bond acceptors (Lipinski definition) is 2. The Morgan fingerprint density at radius 1 is 0.679 bits per heavy atom. The monoisotopic (exact) mass is 376 g/mol. The van der Waals surface area contributed by atoms with Crippen molar-refractivity contribution in [3.63, 3.8) is 0 Å². The SMILES string of the molecule is C=C1[C@@H](C(=O)Nc2c(C)cc(C)cc2C)[C@@H]1C(=O)Nc1c(C)cc(C)cc1C. The van der Waals surface area contributed by atoms with E-state index >= 15 is 0 Å². The van der Waals surface area contributed by atoms with Crippen molar-refractivity contribution in [2.45, 2.75) is 41.5 Å². The highest BCUT2D eigenvalue weighted by atomic mass is 16.2. The molecule has 1 aliphatic carbocycles. The molecule has 4 heteroatoms. The highest BCUT2D eigenvalue weighted by Crippen LogP contribution is 2.46. The van der Waals surface area contributed by atoms with Gasteiger partial charge in [0.05, 0.1) is 11.8 Å². The van der Waals surface area contributed by atoms with Crippen LogP contribution < -0.4 is 10.6 Å². The maximum atomic E-state index is 12.8. The molecule has 1 fully saturated rings. The molecule has 0 spiro atoms. The van der Waals surface area contributed by atoms with Crippen molar-refractivity contribution < 1.29 is 9.59 Å². The van der Waals surface area contributed by atoms with Crippen molar-refractivity contribution in [1.29, 1.82) is 0 Å². The van der Waals surface area contributed by atoms with Gasteiger partial charge in [0.2, 0.25) is 11.8 Å². The fourth-order valence-corrected chi connectivity index (χ4v) is 4.11. The summed E-state index contributed by atoms with van der Waals surface area (Å²) in [7, 11) is 0. The first-order chi connectivity index (χ1) is 13.1. The summed E-state index contributed by atoms with van der Waals surface area (Å²) in [5.74, 6) is -1.30. The van der Waals surface area contributed by atoms with Crippen molar-refractivity contribution in [2.24, 2.45) is 11.8 Å². The predicted molar refractivity (Wildman–Crippen MR) is 115 cm³/mol. The lowest BCUT2D eigenvalue weighted by molar-refractivity contribution is -0.122. The van der Waals surface area contributed by atoms with Gasteiger partial charge in [0.25, 0.3) is 0 Å². The number of amides is 2. The first-order valence-electron chi connectivity index (χ1n) is 9.56. The van der Waals surface area contributed by atoms with E-state index in [9.17, 15) is 9.59 Å². The Morgan fingerprint density at radius 3 is 1.25 bits per heavy atom. The number of carbonyl (C=O) groups excluding carboxylic acids is 2. The summed E-state index contributed by atoms with van der Waals surface area (Å²) in [4.78, 5) is 25.5. The van der Waals surface area contributed by atoms with E-state index in [0.29, 0.717) is 5.57 Å². The van der Waals surface area contributed by atoms with Gasteiger partial charge in [0.1, 0.15) is 0 Å². The zero-order valence-corrected chi connectivity index (χ0v) is 17.5. The summed E-state index contributed by atoms with van der Waals surface area (Å²) < 4.78 is 0. The van der Waals surface area contributed by atoms with Gasteiger partial charge in [0, 0.05) is 11.4 Å². The third-order valence-electron chi connectivity index (χ3n) is 5.44. The van der Waals surface area contributed by atoms with Crippen LogP contribution in [-0.2, 0) is 9.59 Å². The Hall–Kier alpha value is -2.88. The number of benzene rings is 2. The van der Waals surface area contributed by atoms with Crippen LogP contribution in [0.3, 0.4) is 0 Å². The molecule has 2 N–H and O–H groups in total. The summed E-state index contributed by atoms with van der Waals surface area (Å²) in [5.41, 5.74) is 8.69. The Bertz CT molecular complexity index is 878. The number of carbonyl (C=O) groups is 2. The highest BCUT2D eigenvalue weighted by Gasteiger charge is 2.52. The van der Waals surface area contributed by atoms with Gasteiger partial charge in [-0.3, -0.25) is 9.59 Å². The molecule has 4 nitrogen and oxygen atoms in total. The largest absolute Gasteiger partial charge is 0.325 e. The molecule has 0 heterocycles. The van der Waals surface area contributed by atoms with Gasteiger partial charge < -0.3 is 10.6 Å². The van der Waals surface area contributed by atoms with Gasteiger partial charge in [-0.1, -0.05) is 47.5 Å². The Kier molecular flexibility index (Phi) is 5.16. The standard InChI is InChI=1S/C24H28N2O2/c1-12-8-14(3)21(15(4)9-12)25-23(27)19-18(7)20(19)24(28)26-22-16(5)10-13(2)11-17(22)6/h8-11,19-20H,7H2,1-6H3,(H,25,27)(H,26,28)/t19-,20-/m1/s1. The van der Waals surface area contributed by atoms with Crippen LogP contribution >= 0.6 is 0 Å². The van der Waals surface area contributed by atoms with E-state index in [4.69, 9.17) is 0 Å². The van der Waals surface area contributed by atoms with Crippen LogP contribution in [0.15, 0.2) is 36.4 Å². The van der Waals surface area contributed by atoms with Crippen molar-refractivity contribution in [2.75, 3.05) is 10.6 Å². The number of aryl methyl sites for hydroxylation is 6. The molecule has 0 saturated heterocycles. The number of nitrogens with one attached hydrogen (secondary N) is 2. The van der Waals surface area contributed by atoms with E-state index in [1.165, 1.54) is 0 Å². The fraction of sp³-hybridized carbons (Fsp3) is 0.333. The molecule has 0 aromatic heterocycles. The van der Waals surface area contributed by atoms with Crippen LogP contribution in [-0.4, -0.2) is 11.8 Å². The third kappa shape index (κ3) is 3.72. The van der Waals surface area contributed by atoms with Gasteiger partial charge in [-0.15, -0.1) is 0 Å². The van der Waals surface area contributed by atoms with E-state index in [1.807, 2.05) is 65.8 Å². The summed E-state index contributed by atoms with van der Waals surface area (Å²) in [6.07, 6.45) is 0. The first-order valence-corrected chi connectivity index (χ1v) is 9.56. The molecule has 0 bridgehead atoms. The summed E-state index contributed by atoms with van der Waals surface area (Å²) in [6.45, 7) is 15.9. The fourth-order valence-electron chi connectivity index (χ4n) is 4.11. The zero-order valence-electron chi connectivity index (χ0n) is 17.5. The van der Waals surface area contributed by atoms with E-state index in [-0.39, 0.29) is 11.8 Å². The van der Waals surface area contributed by atoms with E-state index in [0.717, 1.165) is 44.8 Å².